The molecule has 8 heteroatoms. The van der Waals surface area contributed by atoms with Crippen molar-refractivity contribution in [1.29, 1.82) is 0 Å². The predicted octanol–water partition coefficient (Wildman–Crippen LogP) is 4.49. The summed E-state index contributed by atoms with van der Waals surface area (Å²) in [4.78, 5) is 11.3. The molecule has 2 aromatic heterocycles. The van der Waals surface area contributed by atoms with Gasteiger partial charge in [0.25, 0.3) is 0 Å². The zero-order chi connectivity index (χ0) is 20.9. The van der Waals surface area contributed by atoms with Crippen LogP contribution in [0.4, 0.5) is 0 Å². The highest BCUT2D eigenvalue weighted by molar-refractivity contribution is 14.0. The van der Waals surface area contributed by atoms with E-state index in [0.717, 1.165) is 47.4 Å². The van der Waals surface area contributed by atoms with E-state index < -0.39 is 0 Å². The van der Waals surface area contributed by atoms with Crippen LogP contribution in [-0.4, -0.2) is 46.3 Å². The zero-order valence-corrected chi connectivity index (χ0v) is 21.4. The first-order chi connectivity index (χ1) is 13.9. The van der Waals surface area contributed by atoms with E-state index in [2.05, 4.69) is 52.7 Å². The number of nitrogens with zero attached hydrogens (tertiary/aromatic N) is 5. The number of benzene rings is 1. The number of halogens is 1. The minimum Gasteiger partial charge on any atom is -0.356 e. The summed E-state index contributed by atoms with van der Waals surface area (Å²) >= 11 is 1.73. The second kappa shape index (κ2) is 10.9. The number of para-hydroxylation sites is 1. The third kappa shape index (κ3) is 6.53. The fourth-order valence-corrected chi connectivity index (χ4v) is 3.97. The molecule has 0 aliphatic heterocycles. The molecule has 0 bridgehead atoms. The molecule has 0 amide bonds. The van der Waals surface area contributed by atoms with Gasteiger partial charge in [0, 0.05) is 56.2 Å². The van der Waals surface area contributed by atoms with E-state index >= 15 is 0 Å². The van der Waals surface area contributed by atoms with Crippen LogP contribution in [-0.2, 0) is 18.4 Å². The Morgan fingerprint density at radius 2 is 1.97 bits per heavy atom. The molecule has 3 aromatic rings. The molecule has 0 fully saturated rings. The van der Waals surface area contributed by atoms with E-state index in [0.29, 0.717) is 0 Å². The van der Waals surface area contributed by atoms with Gasteiger partial charge in [0.1, 0.15) is 0 Å². The molecule has 2 heterocycles. The molecule has 0 radical (unpaired) electrons. The maximum Gasteiger partial charge on any atom is 0.193 e. The van der Waals surface area contributed by atoms with Gasteiger partial charge in [-0.2, -0.15) is 5.10 Å². The smallest absolute Gasteiger partial charge is 0.193 e. The average molecular weight is 539 g/mol. The van der Waals surface area contributed by atoms with E-state index in [9.17, 15) is 0 Å². The van der Waals surface area contributed by atoms with Crippen molar-refractivity contribution < 1.29 is 0 Å². The van der Waals surface area contributed by atoms with Crippen molar-refractivity contribution in [2.75, 3.05) is 20.6 Å². The lowest BCUT2D eigenvalue weighted by Gasteiger charge is -2.21. The van der Waals surface area contributed by atoms with Gasteiger partial charge in [-0.1, -0.05) is 39.0 Å². The summed E-state index contributed by atoms with van der Waals surface area (Å²) in [5.41, 5.74) is 3.45. The Morgan fingerprint density at radius 1 is 1.23 bits per heavy atom. The second-order valence-electron chi connectivity index (χ2n) is 8.09. The Balaban J connectivity index is 0.00000320. The van der Waals surface area contributed by atoms with Gasteiger partial charge in [0.05, 0.1) is 22.6 Å². The molecule has 0 saturated carbocycles. The van der Waals surface area contributed by atoms with Gasteiger partial charge in [0.2, 0.25) is 0 Å². The maximum absolute atomic E-state index is 4.76. The molecule has 30 heavy (non-hydrogen) atoms. The zero-order valence-electron chi connectivity index (χ0n) is 18.3. The van der Waals surface area contributed by atoms with Crippen LogP contribution in [0.2, 0.25) is 0 Å². The van der Waals surface area contributed by atoms with Crippen molar-refractivity contribution >= 4 is 41.3 Å². The van der Waals surface area contributed by atoms with Crippen LogP contribution in [0.3, 0.4) is 0 Å². The van der Waals surface area contributed by atoms with Crippen LogP contribution in [0.1, 0.15) is 37.0 Å². The molecule has 3 rings (SSSR count). The number of guanidine groups is 1. The highest BCUT2D eigenvalue weighted by Crippen LogP contribution is 2.23. The normalized spacial score (nSPS) is 11.8. The Bertz CT molecular complexity index is 942. The summed E-state index contributed by atoms with van der Waals surface area (Å²) < 4.78 is 1.90. The molecule has 162 valence electrons. The average Bonchev–Trinajstić information content (AvgIpc) is 3.35. The lowest BCUT2D eigenvalue weighted by molar-refractivity contribution is 0.477. The molecule has 0 aliphatic rings. The summed E-state index contributed by atoms with van der Waals surface area (Å²) in [5.74, 6) is 0.866. The molecule has 0 unspecified atom stereocenters. The molecule has 1 N–H and O–H groups in total. The van der Waals surface area contributed by atoms with E-state index in [-0.39, 0.29) is 29.4 Å². The third-order valence-electron chi connectivity index (χ3n) is 4.59. The van der Waals surface area contributed by atoms with E-state index in [1.165, 1.54) is 0 Å². The fraction of sp³-hybridized carbons (Fsp3) is 0.409. The monoisotopic (exact) mass is 538 g/mol. The Morgan fingerprint density at radius 3 is 2.60 bits per heavy atom. The quantitative estimate of drug-likeness (QED) is 0.286. The summed E-state index contributed by atoms with van der Waals surface area (Å²) in [5, 5.41) is 11.2. The molecule has 0 aliphatic carbocycles. The van der Waals surface area contributed by atoms with E-state index in [4.69, 9.17) is 4.98 Å². The Labute approximate surface area is 200 Å². The van der Waals surface area contributed by atoms with Gasteiger partial charge in [-0.3, -0.25) is 4.99 Å². The van der Waals surface area contributed by atoms with Gasteiger partial charge >= 0.3 is 0 Å². The first-order valence-electron chi connectivity index (χ1n) is 9.82. The molecule has 0 atom stereocenters. The van der Waals surface area contributed by atoms with Crippen molar-refractivity contribution in [1.82, 2.24) is 25.0 Å². The van der Waals surface area contributed by atoms with Crippen molar-refractivity contribution in [3.8, 4) is 5.69 Å². The standard InChI is InChI=1S/C22H30N6S.HI/c1-22(2,3)19-16-29-20(26-19)11-12-24-21(23-4)27(5)14-17-13-25-28(15-17)18-9-7-6-8-10-18;/h6-10,13,15-16H,11-12,14H2,1-5H3,(H,23,24);1H. The van der Waals surface area contributed by atoms with E-state index in [1.54, 1.807) is 11.3 Å². The highest BCUT2D eigenvalue weighted by Gasteiger charge is 2.17. The summed E-state index contributed by atoms with van der Waals surface area (Å²) in [7, 11) is 3.85. The number of thiazole rings is 1. The van der Waals surface area contributed by atoms with Crippen molar-refractivity contribution in [2.24, 2.45) is 4.99 Å². The molecular weight excluding hydrogens is 507 g/mol. The first-order valence-corrected chi connectivity index (χ1v) is 10.7. The maximum atomic E-state index is 4.76. The van der Waals surface area contributed by atoms with Crippen molar-refractivity contribution in [2.45, 2.75) is 39.2 Å². The van der Waals surface area contributed by atoms with E-state index in [1.807, 2.05) is 55.3 Å². The number of nitrogens with one attached hydrogen (secondary N) is 1. The lowest BCUT2D eigenvalue weighted by atomic mass is 9.93. The largest absolute Gasteiger partial charge is 0.356 e. The molecule has 0 spiro atoms. The number of rotatable bonds is 6. The van der Waals surface area contributed by atoms with Gasteiger partial charge in [-0.05, 0) is 12.1 Å². The number of aromatic nitrogens is 3. The van der Waals surface area contributed by atoms with Gasteiger partial charge in [0.15, 0.2) is 5.96 Å². The van der Waals surface area contributed by atoms with Crippen molar-refractivity contribution in [3.63, 3.8) is 0 Å². The lowest BCUT2D eigenvalue weighted by Crippen LogP contribution is -2.39. The van der Waals surface area contributed by atoms with Gasteiger partial charge < -0.3 is 10.2 Å². The predicted molar refractivity (Wildman–Crippen MR) is 136 cm³/mol. The molecule has 6 nitrogen and oxygen atoms in total. The van der Waals surface area contributed by atoms with Crippen molar-refractivity contribution in [3.05, 3.63) is 64.4 Å². The highest BCUT2D eigenvalue weighted by atomic mass is 127. The van der Waals surface area contributed by atoms with Crippen LogP contribution < -0.4 is 5.32 Å². The number of aliphatic imine (C=N–C) groups is 1. The second-order valence-corrected chi connectivity index (χ2v) is 9.03. The number of hydrogen-bond donors (Lipinski definition) is 1. The Hall–Kier alpha value is -1.94. The van der Waals surface area contributed by atoms with Crippen LogP contribution >= 0.6 is 35.3 Å². The minimum absolute atomic E-state index is 0. The minimum atomic E-state index is 0. The first kappa shape index (κ1) is 24.3. The fourth-order valence-electron chi connectivity index (χ4n) is 2.95. The molecule has 0 saturated heterocycles. The topological polar surface area (TPSA) is 58.3 Å². The van der Waals surface area contributed by atoms with Gasteiger partial charge in [-0.15, -0.1) is 35.3 Å². The van der Waals surface area contributed by atoms with Crippen LogP contribution in [0.15, 0.2) is 53.1 Å². The van der Waals surface area contributed by atoms with Gasteiger partial charge in [-0.25, -0.2) is 9.67 Å². The summed E-state index contributed by atoms with van der Waals surface area (Å²) in [6, 6.07) is 10.1. The number of hydrogen-bond acceptors (Lipinski definition) is 4. The van der Waals surface area contributed by atoms with Crippen LogP contribution in [0.25, 0.3) is 5.69 Å². The van der Waals surface area contributed by atoms with Crippen LogP contribution in [0, 0.1) is 0 Å². The molecule has 1 aromatic carbocycles. The Kier molecular flexibility index (Phi) is 8.84. The summed E-state index contributed by atoms with van der Waals surface area (Å²) in [6.07, 6.45) is 4.85. The summed E-state index contributed by atoms with van der Waals surface area (Å²) in [6.45, 7) is 8.12. The molecular formula is C22H31IN6S. The third-order valence-corrected chi connectivity index (χ3v) is 5.50. The van der Waals surface area contributed by atoms with Crippen LogP contribution in [0.5, 0.6) is 0 Å². The SMILES string of the molecule is CN=C(NCCc1nc(C(C)(C)C)cs1)N(C)Cc1cnn(-c2ccccc2)c1.I.